The number of methoxy groups -OCH3 is 1. The van der Waals surface area contributed by atoms with Crippen LogP contribution in [0.25, 0.3) is 0 Å². The third kappa shape index (κ3) is 2.19. The summed E-state index contributed by atoms with van der Waals surface area (Å²) in [7, 11) is 1.28. The molecule has 0 aliphatic rings. The lowest BCUT2D eigenvalue weighted by Crippen LogP contribution is -2.00. The average molecular weight is 268 g/mol. The maximum Gasteiger partial charge on any atom is 0.284 e. The highest BCUT2D eigenvalue weighted by Crippen LogP contribution is 2.30. The van der Waals surface area contributed by atoms with Gasteiger partial charge in [0.25, 0.3) is 6.43 Å². The average Bonchev–Trinajstić information content (AvgIpc) is 2.17. The molecule has 6 heteroatoms. The molecule has 1 aromatic heterocycles. The Kier molecular flexibility index (Phi) is 3.77. The molecule has 0 amide bonds. The van der Waals surface area contributed by atoms with E-state index in [1.54, 1.807) is 0 Å². The number of alkyl halides is 2. The van der Waals surface area contributed by atoms with Crippen LogP contribution in [0.2, 0.25) is 0 Å². The number of hydrogen-bond donors (Lipinski definition) is 1. The second-order valence-corrected chi connectivity index (χ2v) is 3.24. The van der Waals surface area contributed by atoms with E-state index < -0.39 is 12.1 Å². The molecule has 0 saturated heterocycles. The van der Waals surface area contributed by atoms with E-state index in [2.05, 4.69) is 20.9 Å². The molecular formula is C8H8BrF2NO2. The van der Waals surface area contributed by atoms with Gasteiger partial charge in [0.2, 0.25) is 0 Å². The van der Waals surface area contributed by atoms with E-state index in [9.17, 15) is 8.78 Å². The number of hydrogen-bond acceptors (Lipinski definition) is 3. The number of nitrogens with zero attached hydrogens (tertiary/aromatic N) is 1. The monoisotopic (exact) mass is 267 g/mol. The number of rotatable bonds is 3. The maximum absolute atomic E-state index is 12.4. The van der Waals surface area contributed by atoms with Gasteiger partial charge in [-0.3, -0.25) is 0 Å². The van der Waals surface area contributed by atoms with Gasteiger partial charge in [0.1, 0.15) is 16.0 Å². The van der Waals surface area contributed by atoms with Crippen LogP contribution in [-0.2, 0) is 6.61 Å². The van der Waals surface area contributed by atoms with Crippen LogP contribution >= 0.6 is 15.9 Å². The van der Waals surface area contributed by atoms with E-state index in [0.717, 1.165) is 0 Å². The van der Waals surface area contributed by atoms with Crippen molar-refractivity contribution in [3.05, 3.63) is 21.9 Å². The Hall–Kier alpha value is -0.750. The second-order valence-electron chi connectivity index (χ2n) is 2.48. The lowest BCUT2D eigenvalue weighted by Gasteiger charge is -2.09. The van der Waals surface area contributed by atoms with Crippen LogP contribution in [-0.4, -0.2) is 17.2 Å². The molecule has 0 radical (unpaired) electrons. The Bertz CT molecular complexity index is 333. The van der Waals surface area contributed by atoms with Crippen LogP contribution in [0.5, 0.6) is 5.75 Å². The van der Waals surface area contributed by atoms with Gasteiger partial charge in [-0.15, -0.1) is 0 Å². The number of pyridine rings is 1. The fraction of sp³-hybridized carbons (Fsp3) is 0.375. The highest BCUT2D eigenvalue weighted by Gasteiger charge is 2.18. The molecule has 0 aromatic carbocycles. The SMILES string of the molecule is COc1cc(CO)c(Br)nc1C(F)F. The molecule has 0 atom stereocenters. The lowest BCUT2D eigenvalue weighted by atomic mass is 10.2. The van der Waals surface area contributed by atoms with Gasteiger partial charge in [0.15, 0.2) is 0 Å². The number of aliphatic hydroxyl groups excluding tert-OH is 1. The van der Waals surface area contributed by atoms with E-state index in [1.165, 1.54) is 13.2 Å². The molecule has 1 rings (SSSR count). The lowest BCUT2D eigenvalue weighted by molar-refractivity contribution is 0.141. The normalized spacial score (nSPS) is 10.7. The molecule has 0 bridgehead atoms. The first-order valence-electron chi connectivity index (χ1n) is 3.72. The Morgan fingerprint density at radius 2 is 2.29 bits per heavy atom. The van der Waals surface area contributed by atoms with E-state index >= 15 is 0 Å². The number of ether oxygens (including phenoxy) is 1. The van der Waals surface area contributed by atoms with Gasteiger partial charge in [0.05, 0.1) is 13.7 Å². The van der Waals surface area contributed by atoms with Gasteiger partial charge in [0, 0.05) is 5.56 Å². The second kappa shape index (κ2) is 4.65. The van der Waals surface area contributed by atoms with Crippen LogP contribution in [0.1, 0.15) is 17.7 Å². The summed E-state index contributed by atoms with van der Waals surface area (Å²) in [4.78, 5) is 3.60. The third-order valence-electron chi connectivity index (χ3n) is 1.64. The van der Waals surface area contributed by atoms with E-state index in [0.29, 0.717) is 5.56 Å². The zero-order valence-electron chi connectivity index (χ0n) is 7.30. The molecule has 1 heterocycles. The van der Waals surface area contributed by atoms with Gasteiger partial charge in [-0.05, 0) is 22.0 Å². The Morgan fingerprint density at radius 3 is 2.71 bits per heavy atom. The predicted molar refractivity (Wildman–Crippen MR) is 49.4 cm³/mol. The minimum atomic E-state index is -2.70. The summed E-state index contributed by atoms with van der Waals surface area (Å²) in [5.74, 6) is -0.0211. The Balaban J connectivity index is 3.24. The van der Waals surface area contributed by atoms with E-state index in [-0.39, 0.29) is 17.0 Å². The first kappa shape index (κ1) is 11.3. The smallest absolute Gasteiger partial charge is 0.284 e. The topological polar surface area (TPSA) is 42.4 Å². The van der Waals surface area contributed by atoms with Crippen molar-refractivity contribution in [1.82, 2.24) is 4.98 Å². The highest BCUT2D eigenvalue weighted by atomic mass is 79.9. The summed E-state index contributed by atoms with van der Waals surface area (Å²) in [6.45, 7) is -0.284. The summed E-state index contributed by atoms with van der Waals surface area (Å²) >= 11 is 2.98. The van der Waals surface area contributed by atoms with Gasteiger partial charge < -0.3 is 9.84 Å². The zero-order valence-corrected chi connectivity index (χ0v) is 8.88. The van der Waals surface area contributed by atoms with Crippen molar-refractivity contribution in [3.8, 4) is 5.75 Å². The molecule has 0 saturated carbocycles. The summed E-state index contributed by atoms with van der Waals surface area (Å²) in [5, 5.41) is 8.85. The van der Waals surface area contributed by atoms with Crippen molar-refractivity contribution in [2.75, 3.05) is 7.11 Å². The van der Waals surface area contributed by atoms with Crippen molar-refractivity contribution in [2.45, 2.75) is 13.0 Å². The molecule has 3 nitrogen and oxygen atoms in total. The van der Waals surface area contributed by atoms with Crippen molar-refractivity contribution in [1.29, 1.82) is 0 Å². The Morgan fingerprint density at radius 1 is 1.64 bits per heavy atom. The molecule has 1 N–H and O–H groups in total. The number of aromatic nitrogens is 1. The van der Waals surface area contributed by atoms with E-state index in [1.807, 2.05) is 0 Å². The minimum absolute atomic E-state index is 0.0211. The molecule has 0 aliphatic heterocycles. The first-order chi connectivity index (χ1) is 6.60. The van der Waals surface area contributed by atoms with E-state index in [4.69, 9.17) is 9.84 Å². The van der Waals surface area contributed by atoms with Crippen LogP contribution in [0.3, 0.4) is 0 Å². The van der Waals surface area contributed by atoms with Crippen LogP contribution < -0.4 is 4.74 Å². The van der Waals surface area contributed by atoms with Crippen molar-refractivity contribution >= 4 is 15.9 Å². The fourth-order valence-corrected chi connectivity index (χ4v) is 1.39. The fourth-order valence-electron chi connectivity index (χ4n) is 0.955. The standard InChI is InChI=1S/C8H8BrF2NO2/c1-14-5-2-4(3-13)7(9)12-6(5)8(10)11/h2,8,13H,3H2,1H3. The molecule has 1 aromatic rings. The predicted octanol–water partition coefficient (Wildman–Crippen LogP) is 2.28. The summed E-state index contributed by atoms with van der Waals surface area (Å²) in [6, 6.07) is 1.33. The molecule has 0 spiro atoms. The van der Waals surface area contributed by atoms with Crippen LogP contribution in [0.15, 0.2) is 10.7 Å². The molecule has 78 valence electrons. The molecular weight excluding hydrogens is 260 g/mol. The Labute approximate surface area is 87.9 Å². The summed E-state index contributed by atoms with van der Waals surface area (Å²) in [5.41, 5.74) is -0.0252. The van der Waals surface area contributed by atoms with Crippen molar-refractivity contribution in [2.24, 2.45) is 0 Å². The minimum Gasteiger partial charge on any atom is -0.495 e. The zero-order chi connectivity index (χ0) is 10.7. The van der Waals surface area contributed by atoms with Gasteiger partial charge >= 0.3 is 0 Å². The number of halogens is 3. The molecule has 0 unspecified atom stereocenters. The van der Waals surface area contributed by atoms with Gasteiger partial charge in [-0.2, -0.15) is 0 Å². The van der Waals surface area contributed by atoms with Crippen LogP contribution in [0, 0.1) is 0 Å². The molecule has 0 fully saturated rings. The third-order valence-corrected chi connectivity index (χ3v) is 2.32. The maximum atomic E-state index is 12.4. The first-order valence-corrected chi connectivity index (χ1v) is 4.51. The van der Waals surface area contributed by atoms with Crippen molar-refractivity contribution in [3.63, 3.8) is 0 Å². The number of aliphatic hydroxyl groups is 1. The molecule has 0 aliphatic carbocycles. The van der Waals surface area contributed by atoms with Crippen LogP contribution in [0.4, 0.5) is 8.78 Å². The van der Waals surface area contributed by atoms with Gasteiger partial charge in [-0.1, -0.05) is 0 Å². The van der Waals surface area contributed by atoms with Gasteiger partial charge in [-0.25, -0.2) is 13.8 Å². The summed E-state index contributed by atoms with van der Waals surface area (Å²) < 4.78 is 29.7. The highest BCUT2D eigenvalue weighted by molar-refractivity contribution is 9.10. The molecule has 14 heavy (non-hydrogen) atoms. The summed E-state index contributed by atoms with van der Waals surface area (Å²) in [6.07, 6.45) is -2.70. The largest absolute Gasteiger partial charge is 0.495 e. The van der Waals surface area contributed by atoms with Crippen molar-refractivity contribution < 1.29 is 18.6 Å². The quantitative estimate of drug-likeness (QED) is 0.855.